The van der Waals surface area contributed by atoms with E-state index in [1.807, 2.05) is 0 Å². The van der Waals surface area contributed by atoms with Gasteiger partial charge in [0.25, 0.3) is 0 Å². The maximum Gasteiger partial charge on any atom is 0.308 e. The third kappa shape index (κ3) is 4.75. The normalized spacial score (nSPS) is 18.7. The lowest BCUT2D eigenvalue weighted by atomic mass is 9.86. The Morgan fingerprint density at radius 3 is 2.41 bits per heavy atom. The van der Waals surface area contributed by atoms with Crippen molar-refractivity contribution < 1.29 is 14.7 Å². The molecule has 1 atom stereocenters. The standard InChI is InChI=1S/C13H23NO3/c1-10(13(16)17)9-14(2)12(15)8-11-6-4-3-5-7-11/h10-11H,3-9H2,1-2H3,(H,16,17). The molecule has 0 spiro atoms. The number of carboxylic acid groups (broad SMARTS) is 1. The van der Waals surface area contributed by atoms with Gasteiger partial charge in [-0.3, -0.25) is 9.59 Å². The molecule has 4 heteroatoms. The van der Waals surface area contributed by atoms with E-state index in [-0.39, 0.29) is 5.91 Å². The maximum absolute atomic E-state index is 11.9. The summed E-state index contributed by atoms with van der Waals surface area (Å²) < 4.78 is 0. The number of aliphatic carboxylic acids is 1. The molecule has 0 saturated heterocycles. The number of rotatable bonds is 5. The molecule has 1 aliphatic carbocycles. The zero-order chi connectivity index (χ0) is 12.8. The number of carbonyl (C=O) groups excluding carboxylic acids is 1. The molecule has 1 unspecified atom stereocenters. The van der Waals surface area contributed by atoms with E-state index >= 15 is 0 Å². The van der Waals surface area contributed by atoms with Crippen molar-refractivity contribution in [3.63, 3.8) is 0 Å². The van der Waals surface area contributed by atoms with Crippen molar-refractivity contribution in [2.24, 2.45) is 11.8 Å². The van der Waals surface area contributed by atoms with Gasteiger partial charge in [0.15, 0.2) is 0 Å². The zero-order valence-electron chi connectivity index (χ0n) is 10.8. The van der Waals surface area contributed by atoms with E-state index < -0.39 is 11.9 Å². The number of amides is 1. The van der Waals surface area contributed by atoms with Gasteiger partial charge in [0.2, 0.25) is 5.91 Å². The lowest BCUT2D eigenvalue weighted by Gasteiger charge is -2.25. The first kappa shape index (κ1) is 14.0. The molecule has 0 aromatic carbocycles. The second-order valence-electron chi connectivity index (χ2n) is 5.22. The van der Waals surface area contributed by atoms with Gasteiger partial charge < -0.3 is 10.0 Å². The van der Waals surface area contributed by atoms with Gasteiger partial charge in [-0.05, 0) is 18.8 Å². The van der Waals surface area contributed by atoms with E-state index in [1.54, 1.807) is 18.9 Å². The third-order valence-corrected chi connectivity index (χ3v) is 3.58. The summed E-state index contributed by atoms with van der Waals surface area (Å²) in [4.78, 5) is 24.2. The molecule has 17 heavy (non-hydrogen) atoms. The fourth-order valence-corrected chi connectivity index (χ4v) is 2.38. The van der Waals surface area contributed by atoms with Crippen LogP contribution in [-0.4, -0.2) is 35.5 Å². The van der Waals surface area contributed by atoms with Crippen molar-refractivity contribution in [2.45, 2.75) is 45.4 Å². The Morgan fingerprint density at radius 2 is 1.88 bits per heavy atom. The summed E-state index contributed by atoms with van der Waals surface area (Å²) in [6.45, 7) is 1.94. The van der Waals surface area contributed by atoms with Crippen LogP contribution in [0.5, 0.6) is 0 Å². The van der Waals surface area contributed by atoms with Gasteiger partial charge in [0, 0.05) is 20.0 Å². The van der Waals surface area contributed by atoms with Gasteiger partial charge in [0.1, 0.15) is 0 Å². The van der Waals surface area contributed by atoms with Gasteiger partial charge in [0.05, 0.1) is 5.92 Å². The first-order valence-corrected chi connectivity index (χ1v) is 6.47. The molecular formula is C13H23NO3. The highest BCUT2D eigenvalue weighted by molar-refractivity contribution is 5.77. The molecule has 0 heterocycles. The molecule has 1 N–H and O–H groups in total. The van der Waals surface area contributed by atoms with E-state index in [0.29, 0.717) is 18.9 Å². The summed E-state index contributed by atoms with van der Waals surface area (Å²) >= 11 is 0. The maximum atomic E-state index is 11.9. The van der Waals surface area contributed by atoms with Crippen molar-refractivity contribution in [1.82, 2.24) is 4.90 Å². The third-order valence-electron chi connectivity index (χ3n) is 3.58. The molecule has 0 radical (unpaired) electrons. The highest BCUT2D eigenvalue weighted by Crippen LogP contribution is 2.26. The van der Waals surface area contributed by atoms with Crippen LogP contribution in [0.2, 0.25) is 0 Å². The Bertz CT molecular complexity index is 272. The van der Waals surface area contributed by atoms with Crippen LogP contribution < -0.4 is 0 Å². The van der Waals surface area contributed by atoms with Crippen LogP contribution in [0.1, 0.15) is 45.4 Å². The van der Waals surface area contributed by atoms with Crippen molar-refractivity contribution in [3.05, 3.63) is 0 Å². The average Bonchev–Trinajstić information content (AvgIpc) is 2.29. The molecule has 0 aliphatic heterocycles. The molecule has 1 saturated carbocycles. The predicted molar refractivity (Wildman–Crippen MR) is 65.6 cm³/mol. The molecule has 1 aliphatic rings. The molecule has 1 fully saturated rings. The minimum Gasteiger partial charge on any atom is -0.481 e. The van der Waals surface area contributed by atoms with Crippen LogP contribution >= 0.6 is 0 Å². The topological polar surface area (TPSA) is 57.6 Å². The fraction of sp³-hybridized carbons (Fsp3) is 0.846. The molecule has 0 aromatic heterocycles. The number of hydrogen-bond donors (Lipinski definition) is 1. The molecule has 0 bridgehead atoms. The van der Waals surface area contributed by atoms with Crippen LogP contribution in [0, 0.1) is 11.8 Å². The van der Waals surface area contributed by atoms with Crippen LogP contribution in [0.15, 0.2) is 0 Å². The predicted octanol–water partition coefficient (Wildman–Crippen LogP) is 2.14. The summed E-state index contributed by atoms with van der Waals surface area (Å²) in [5.74, 6) is -0.735. The largest absolute Gasteiger partial charge is 0.481 e. The van der Waals surface area contributed by atoms with Gasteiger partial charge in [-0.25, -0.2) is 0 Å². The smallest absolute Gasteiger partial charge is 0.308 e. The Morgan fingerprint density at radius 1 is 1.29 bits per heavy atom. The summed E-state index contributed by atoms with van der Waals surface area (Å²) in [6.07, 6.45) is 6.63. The average molecular weight is 241 g/mol. The molecule has 0 aromatic rings. The van der Waals surface area contributed by atoms with Crippen molar-refractivity contribution in [2.75, 3.05) is 13.6 Å². The minimum absolute atomic E-state index is 0.0880. The lowest BCUT2D eigenvalue weighted by Crippen LogP contribution is -2.34. The van der Waals surface area contributed by atoms with E-state index in [1.165, 1.54) is 19.3 Å². The molecular weight excluding hydrogens is 218 g/mol. The first-order chi connectivity index (χ1) is 8.00. The molecule has 4 nitrogen and oxygen atoms in total. The van der Waals surface area contributed by atoms with Crippen LogP contribution in [0.25, 0.3) is 0 Å². The van der Waals surface area contributed by atoms with E-state index in [9.17, 15) is 9.59 Å². The number of carboxylic acids is 1. The highest BCUT2D eigenvalue weighted by Gasteiger charge is 2.21. The van der Waals surface area contributed by atoms with E-state index in [2.05, 4.69) is 0 Å². The lowest BCUT2D eigenvalue weighted by molar-refractivity contribution is -0.142. The molecule has 1 amide bonds. The molecule has 98 valence electrons. The summed E-state index contributed by atoms with van der Waals surface area (Å²) in [5, 5.41) is 8.80. The number of nitrogens with zero attached hydrogens (tertiary/aromatic N) is 1. The Labute approximate surface area is 103 Å². The summed E-state index contributed by atoms with van der Waals surface area (Å²) in [6, 6.07) is 0. The Balaban J connectivity index is 2.33. The Kier molecular flexibility index (Phi) is 5.45. The number of hydrogen-bond acceptors (Lipinski definition) is 2. The number of carbonyl (C=O) groups is 2. The Hall–Kier alpha value is -1.06. The van der Waals surface area contributed by atoms with Crippen molar-refractivity contribution in [1.29, 1.82) is 0 Å². The van der Waals surface area contributed by atoms with Crippen molar-refractivity contribution >= 4 is 11.9 Å². The quantitative estimate of drug-likeness (QED) is 0.802. The van der Waals surface area contributed by atoms with Crippen LogP contribution in [0.4, 0.5) is 0 Å². The zero-order valence-corrected chi connectivity index (χ0v) is 10.8. The van der Waals surface area contributed by atoms with Gasteiger partial charge in [-0.2, -0.15) is 0 Å². The first-order valence-electron chi connectivity index (χ1n) is 6.47. The van der Waals surface area contributed by atoms with E-state index in [4.69, 9.17) is 5.11 Å². The summed E-state index contributed by atoms with van der Waals surface area (Å²) in [5.41, 5.74) is 0. The summed E-state index contributed by atoms with van der Waals surface area (Å²) in [7, 11) is 1.70. The van der Waals surface area contributed by atoms with Gasteiger partial charge >= 0.3 is 5.97 Å². The SMILES string of the molecule is CC(CN(C)C(=O)CC1CCCCC1)C(=O)O. The van der Waals surface area contributed by atoms with E-state index in [0.717, 1.165) is 12.8 Å². The van der Waals surface area contributed by atoms with Gasteiger partial charge in [-0.1, -0.05) is 26.2 Å². The van der Waals surface area contributed by atoms with Crippen molar-refractivity contribution in [3.8, 4) is 0 Å². The fourth-order valence-electron chi connectivity index (χ4n) is 2.38. The highest BCUT2D eigenvalue weighted by atomic mass is 16.4. The minimum atomic E-state index is -0.845. The monoisotopic (exact) mass is 241 g/mol. The van der Waals surface area contributed by atoms with Crippen LogP contribution in [0.3, 0.4) is 0 Å². The van der Waals surface area contributed by atoms with Crippen LogP contribution in [-0.2, 0) is 9.59 Å². The second kappa shape index (κ2) is 6.62. The molecule has 1 rings (SSSR count). The second-order valence-corrected chi connectivity index (χ2v) is 5.22. The van der Waals surface area contributed by atoms with Gasteiger partial charge in [-0.15, -0.1) is 0 Å².